The topological polar surface area (TPSA) is 75.9 Å². The number of carbonyl (C=O) groups excluding carboxylic acids is 1. The molecule has 1 amide bonds. The zero-order chi connectivity index (χ0) is 16.8. The van der Waals surface area contributed by atoms with E-state index in [4.69, 9.17) is 0 Å². The second-order valence-electron chi connectivity index (χ2n) is 7.47. The van der Waals surface area contributed by atoms with Gasteiger partial charge in [0.2, 0.25) is 5.91 Å². The molecule has 2 fully saturated rings. The molecule has 7 nitrogen and oxygen atoms in total. The Morgan fingerprint density at radius 2 is 2.12 bits per heavy atom. The number of nitrogens with one attached hydrogen (secondary N) is 1. The summed E-state index contributed by atoms with van der Waals surface area (Å²) in [5.74, 6) is 0.188. The third-order valence-corrected chi connectivity index (χ3v) is 5.78. The lowest BCUT2D eigenvalue weighted by Gasteiger charge is -2.36. The summed E-state index contributed by atoms with van der Waals surface area (Å²) in [6.45, 7) is 5.97. The highest BCUT2D eigenvalue weighted by Crippen LogP contribution is 2.40. The first-order valence-corrected chi connectivity index (χ1v) is 9.42. The maximum absolute atomic E-state index is 12.6. The van der Waals surface area contributed by atoms with Crippen LogP contribution in [0.15, 0.2) is 6.33 Å². The van der Waals surface area contributed by atoms with Crippen molar-refractivity contribution in [2.75, 3.05) is 19.6 Å². The molecule has 1 aromatic heterocycles. The van der Waals surface area contributed by atoms with E-state index in [1.807, 2.05) is 0 Å². The number of hydrogen-bond donors (Lipinski definition) is 1. The van der Waals surface area contributed by atoms with Gasteiger partial charge in [0, 0.05) is 19.0 Å². The quantitative estimate of drug-likeness (QED) is 0.820. The van der Waals surface area contributed by atoms with Gasteiger partial charge in [-0.1, -0.05) is 26.2 Å². The van der Waals surface area contributed by atoms with E-state index in [1.54, 1.807) is 11.0 Å². The average Bonchev–Trinajstić information content (AvgIpc) is 3.24. The molecule has 1 aliphatic carbocycles. The third-order valence-electron chi connectivity index (χ3n) is 5.78. The van der Waals surface area contributed by atoms with Crippen LogP contribution in [0.2, 0.25) is 0 Å². The molecule has 0 aromatic carbocycles. The predicted octanol–water partition coefficient (Wildman–Crippen LogP) is 1.61. The molecule has 1 aliphatic heterocycles. The molecule has 1 atom stereocenters. The van der Waals surface area contributed by atoms with Gasteiger partial charge in [0.1, 0.15) is 6.33 Å². The Bertz CT molecular complexity index is 511. The summed E-state index contributed by atoms with van der Waals surface area (Å²) in [6, 6.07) is 0.515. The summed E-state index contributed by atoms with van der Waals surface area (Å²) in [4.78, 5) is 15.1. The molecule has 2 aliphatic rings. The third kappa shape index (κ3) is 4.32. The summed E-state index contributed by atoms with van der Waals surface area (Å²) in [5.41, 5.74) is 0.0117. The van der Waals surface area contributed by atoms with E-state index >= 15 is 0 Å². The van der Waals surface area contributed by atoms with Crippen molar-refractivity contribution < 1.29 is 4.79 Å². The molecule has 3 rings (SSSR count). The van der Waals surface area contributed by atoms with Gasteiger partial charge in [-0.25, -0.2) is 4.68 Å². The van der Waals surface area contributed by atoms with Crippen LogP contribution in [0.5, 0.6) is 0 Å². The molecule has 24 heavy (non-hydrogen) atoms. The fourth-order valence-corrected chi connectivity index (χ4v) is 4.47. The Morgan fingerprint density at radius 1 is 1.29 bits per heavy atom. The van der Waals surface area contributed by atoms with Crippen LogP contribution >= 0.6 is 0 Å². The number of carbonyl (C=O) groups is 1. The Hall–Kier alpha value is -1.50. The number of nitrogens with zero attached hydrogens (tertiary/aromatic N) is 5. The molecule has 1 saturated carbocycles. The van der Waals surface area contributed by atoms with E-state index in [0.717, 1.165) is 32.5 Å². The van der Waals surface area contributed by atoms with Gasteiger partial charge in [0.25, 0.3) is 0 Å². The van der Waals surface area contributed by atoms with Crippen molar-refractivity contribution in [3.63, 3.8) is 0 Å². The minimum Gasteiger partial charge on any atom is -0.355 e. The zero-order valence-corrected chi connectivity index (χ0v) is 14.8. The van der Waals surface area contributed by atoms with Crippen molar-refractivity contribution in [1.82, 2.24) is 30.4 Å². The van der Waals surface area contributed by atoms with Gasteiger partial charge in [-0.2, -0.15) is 0 Å². The maximum Gasteiger partial charge on any atom is 0.220 e. The summed E-state index contributed by atoms with van der Waals surface area (Å²) in [6.07, 6.45) is 10.5. The molecule has 7 heteroatoms. The molecular weight excluding hydrogens is 304 g/mol. The molecular formula is C17H30N6O. The first-order valence-electron chi connectivity index (χ1n) is 9.42. The van der Waals surface area contributed by atoms with Crippen LogP contribution < -0.4 is 5.32 Å². The van der Waals surface area contributed by atoms with E-state index in [1.165, 1.54) is 38.6 Å². The summed E-state index contributed by atoms with van der Waals surface area (Å²) in [7, 11) is 0. The summed E-state index contributed by atoms with van der Waals surface area (Å²) < 4.78 is 1.79. The van der Waals surface area contributed by atoms with Crippen molar-refractivity contribution in [3.05, 3.63) is 6.33 Å². The SMILES string of the molecule is CCN1CCC[C@H]1CNC(=O)CC1(Cn2cnnn2)CCCCC1. The van der Waals surface area contributed by atoms with Crippen LogP contribution in [0.1, 0.15) is 58.3 Å². The van der Waals surface area contributed by atoms with Crippen LogP contribution in [0.25, 0.3) is 0 Å². The van der Waals surface area contributed by atoms with E-state index in [-0.39, 0.29) is 11.3 Å². The van der Waals surface area contributed by atoms with Gasteiger partial charge < -0.3 is 5.32 Å². The predicted molar refractivity (Wildman–Crippen MR) is 91.2 cm³/mol. The fourth-order valence-electron chi connectivity index (χ4n) is 4.47. The second kappa shape index (κ2) is 8.05. The van der Waals surface area contributed by atoms with Gasteiger partial charge in [0.05, 0.1) is 6.54 Å². The van der Waals surface area contributed by atoms with E-state index in [2.05, 4.69) is 32.7 Å². The molecule has 1 saturated heterocycles. The van der Waals surface area contributed by atoms with Crippen LogP contribution in [-0.4, -0.2) is 56.7 Å². The first-order chi connectivity index (χ1) is 11.7. The molecule has 2 heterocycles. The number of amides is 1. The minimum absolute atomic E-state index is 0.0117. The van der Waals surface area contributed by atoms with Crippen molar-refractivity contribution in [2.24, 2.45) is 5.41 Å². The van der Waals surface area contributed by atoms with Crippen LogP contribution in [0, 0.1) is 5.41 Å². The smallest absolute Gasteiger partial charge is 0.220 e. The lowest BCUT2D eigenvalue weighted by molar-refractivity contribution is -0.124. The Kier molecular flexibility index (Phi) is 5.81. The van der Waals surface area contributed by atoms with Crippen LogP contribution in [0.4, 0.5) is 0 Å². The van der Waals surface area contributed by atoms with Gasteiger partial charge in [-0.3, -0.25) is 9.69 Å². The largest absolute Gasteiger partial charge is 0.355 e. The Morgan fingerprint density at radius 3 is 2.83 bits per heavy atom. The van der Waals surface area contributed by atoms with Crippen molar-refractivity contribution in [3.8, 4) is 0 Å². The average molecular weight is 334 g/mol. The maximum atomic E-state index is 12.6. The number of likely N-dealkylation sites (N-methyl/N-ethyl adjacent to an activating group) is 1. The number of rotatable bonds is 7. The lowest BCUT2D eigenvalue weighted by Crippen LogP contribution is -2.42. The highest BCUT2D eigenvalue weighted by molar-refractivity contribution is 5.76. The molecule has 1 N–H and O–H groups in total. The van der Waals surface area contributed by atoms with Crippen molar-refractivity contribution in [2.45, 2.75) is 70.9 Å². The highest BCUT2D eigenvalue weighted by atomic mass is 16.1. The van der Waals surface area contributed by atoms with Crippen molar-refractivity contribution in [1.29, 1.82) is 0 Å². The monoisotopic (exact) mass is 334 g/mol. The number of tetrazole rings is 1. The molecule has 0 unspecified atom stereocenters. The van der Waals surface area contributed by atoms with Crippen LogP contribution in [-0.2, 0) is 11.3 Å². The number of aromatic nitrogens is 4. The first kappa shape index (κ1) is 17.3. The minimum atomic E-state index is 0.0117. The van der Waals surface area contributed by atoms with Gasteiger partial charge in [-0.15, -0.1) is 5.10 Å². The zero-order valence-electron chi connectivity index (χ0n) is 14.8. The van der Waals surface area contributed by atoms with E-state index in [0.29, 0.717) is 12.5 Å². The van der Waals surface area contributed by atoms with Crippen LogP contribution in [0.3, 0.4) is 0 Å². The summed E-state index contributed by atoms with van der Waals surface area (Å²) >= 11 is 0. The van der Waals surface area contributed by atoms with Gasteiger partial charge in [-0.05, 0) is 54.6 Å². The molecule has 0 bridgehead atoms. The fraction of sp³-hybridized carbons (Fsp3) is 0.882. The lowest BCUT2D eigenvalue weighted by atomic mass is 9.71. The standard InChI is InChI=1S/C17H30N6O/c1-2-22-10-6-7-15(22)12-18-16(24)11-17(8-4-3-5-9-17)13-23-14-19-20-21-23/h14-15H,2-13H2,1H3,(H,18,24)/t15-/m0/s1. The van der Waals surface area contributed by atoms with Gasteiger partial charge >= 0.3 is 0 Å². The van der Waals surface area contributed by atoms with Gasteiger partial charge in [0.15, 0.2) is 0 Å². The molecule has 0 spiro atoms. The van der Waals surface area contributed by atoms with E-state index in [9.17, 15) is 4.79 Å². The molecule has 1 aromatic rings. The number of hydrogen-bond acceptors (Lipinski definition) is 5. The van der Waals surface area contributed by atoms with Crippen molar-refractivity contribution >= 4 is 5.91 Å². The number of likely N-dealkylation sites (tertiary alicyclic amines) is 1. The second-order valence-corrected chi connectivity index (χ2v) is 7.47. The molecule has 134 valence electrons. The Balaban J connectivity index is 1.55. The Labute approximate surface area is 144 Å². The normalized spacial score (nSPS) is 24.1. The summed E-state index contributed by atoms with van der Waals surface area (Å²) in [5, 5.41) is 14.7. The highest BCUT2D eigenvalue weighted by Gasteiger charge is 2.35. The van der Waals surface area contributed by atoms with E-state index < -0.39 is 0 Å². The molecule has 0 radical (unpaired) electrons.